The van der Waals surface area contributed by atoms with Gasteiger partial charge in [-0.3, -0.25) is 0 Å². The third-order valence-electron chi connectivity index (χ3n) is 13.8. The van der Waals surface area contributed by atoms with Crippen molar-refractivity contribution in [2.24, 2.45) is 57.8 Å². The maximum atomic E-state index is 13.4. The molecule has 4 rings (SSSR count). The number of ether oxygens (including phenoxy) is 1. The number of nitrogens with two attached hydrogens (primary N) is 2. The number of allylic oxidation sites excluding steroid dienone is 1. The minimum Gasteiger partial charge on any atom is -0.446 e. The summed E-state index contributed by atoms with van der Waals surface area (Å²) in [5.74, 6) is 5.14. The minimum atomic E-state index is -0.105. The summed E-state index contributed by atoms with van der Waals surface area (Å²) >= 11 is 0. The fraction of sp³-hybridized carbons (Fsp3) is 0.927. The van der Waals surface area contributed by atoms with E-state index in [2.05, 4.69) is 40.7 Å². The molecule has 4 N–H and O–H groups in total. The predicted octanol–water partition coefficient (Wildman–Crippen LogP) is 11.1. The Morgan fingerprint density at radius 2 is 1.46 bits per heavy atom. The number of amides is 1. The Morgan fingerprint density at radius 3 is 2.12 bits per heavy atom. The van der Waals surface area contributed by atoms with Crippen molar-refractivity contribution in [2.75, 3.05) is 26.2 Å². The van der Waals surface area contributed by atoms with Crippen molar-refractivity contribution >= 4 is 30.9 Å². The molecule has 0 unspecified atom stereocenters. The maximum Gasteiger partial charge on any atom is 0.410 e. The van der Waals surface area contributed by atoms with Gasteiger partial charge >= 0.3 is 6.09 Å². The molecular weight excluding hydrogens is 637 g/mol. The van der Waals surface area contributed by atoms with E-state index in [1.54, 1.807) is 5.57 Å². The molecule has 0 heterocycles. The molecule has 5 nitrogen and oxygen atoms in total. The average Bonchev–Trinajstić information content (AvgIpc) is 3.39. The van der Waals surface area contributed by atoms with E-state index >= 15 is 0 Å². The van der Waals surface area contributed by atoms with Crippen molar-refractivity contribution < 1.29 is 9.53 Å². The molecule has 3 saturated carbocycles. The molecule has 48 heavy (non-hydrogen) atoms. The second kappa shape index (κ2) is 21.1. The number of rotatable bonds is 19. The van der Waals surface area contributed by atoms with E-state index in [0.717, 1.165) is 80.7 Å². The number of carbonyl (C=O) groups is 1. The molecule has 4 aliphatic carbocycles. The van der Waals surface area contributed by atoms with Crippen LogP contribution in [0.25, 0.3) is 0 Å². The predicted molar refractivity (Wildman–Crippen MR) is 209 cm³/mol. The fourth-order valence-electron chi connectivity index (χ4n) is 11.1. The van der Waals surface area contributed by atoms with Crippen LogP contribution in [-0.4, -0.2) is 43.3 Å². The first kappa shape index (κ1) is 43.7. The van der Waals surface area contributed by atoms with Gasteiger partial charge in [-0.25, -0.2) is 4.79 Å². The van der Waals surface area contributed by atoms with E-state index in [9.17, 15) is 4.79 Å². The number of nitrogens with zero attached hydrogens (tertiary/aromatic N) is 1. The lowest BCUT2D eigenvalue weighted by Crippen LogP contribution is -2.51. The monoisotopic (exact) mass is 714 g/mol. The molecule has 0 aromatic rings. The maximum absolute atomic E-state index is 13.4. The summed E-state index contributed by atoms with van der Waals surface area (Å²) < 4.78 is 6.28. The Hall–Kier alpha value is -0.490. The lowest BCUT2D eigenvalue weighted by atomic mass is 9.47. The Bertz CT molecular complexity index is 962. The summed E-state index contributed by atoms with van der Waals surface area (Å²) in [5.41, 5.74) is 13.9. The number of carbonyl (C=O) groups excluding carboxylic acids is 1. The van der Waals surface area contributed by atoms with E-state index < -0.39 is 0 Å². The SMILES string of the molecule is CC(C)CCC[C@@H](C)[C@H]1CC[C@H]2[C@@H]3CC=C4C[C@@H](OC(=O)N(CCCN)CCCCCCCCCCN)CC[C@]4(C)[C@H]3CC[C@]12C.Cl.Cl. The Labute approximate surface area is 309 Å². The van der Waals surface area contributed by atoms with Crippen LogP contribution in [0.2, 0.25) is 0 Å². The summed E-state index contributed by atoms with van der Waals surface area (Å²) in [6, 6.07) is 0. The van der Waals surface area contributed by atoms with E-state index in [1.165, 1.54) is 96.3 Å². The zero-order valence-corrected chi connectivity index (χ0v) is 33.5. The van der Waals surface area contributed by atoms with Gasteiger partial charge in [-0.1, -0.05) is 104 Å². The Morgan fingerprint density at radius 1 is 0.812 bits per heavy atom. The average molecular weight is 715 g/mol. The van der Waals surface area contributed by atoms with E-state index in [1.807, 2.05) is 4.90 Å². The lowest BCUT2D eigenvalue weighted by molar-refractivity contribution is -0.0593. The molecule has 7 heteroatoms. The summed E-state index contributed by atoms with van der Waals surface area (Å²) in [4.78, 5) is 15.4. The van der Waals surface area contributed by atoms with Gasteiger partial charge in [0.2, 0.25) is 0 Å². The third-order valence-corrected chi connectivity index (χ3v) is 13.8. The van der Waals surface area contributed by atoms with Gasteiger partial charge in [0, 0.05) is 19.5 Å². The summed E-state index contributed by atoms with van der Waals surface area (Å²) in [6.07, 6.45) is 27.4. The van der Waals surface area contributed by atoms with Gasteiger partial charge in [0.15, 0.2) is 0 Å². The second-order valence-corrected chi connectivity index (χ2v) is 17.3. The molecule has 4 aliphatic rings. The first-order chi connectivity index (χ1) is 22.1. The van der Waals surface area contributed by atoms with Gasteiger partial charge < -0.3 is 21.1 Å². The minimum absolute atomic E-state index is 0. The van der Waals surface area contributed by atoms with Crippen LogP contribution in [0, 0.1) is 46.3 Å². The van der Waals surface area contributed by atoms with Crippen LogP contribution in [0.4, 0.5) is 4.79 Å². The zero-order valence-electron chi connectivity index (χ0n) is 31.8. The highest BCUT2D eigenvalue weighted by atomic mass is 35.5. The normalized spacial score (nSPS) is 31.4. The number of hydrogen-bond donors (Lipinski definition) is 2. The molecule has 0 aromatic carbocycles. The third kappa shape index (κ3) is 11.0. The van der Waals surface area contributed by atoms with E-state index in [0.29, 0.717) is 18.5 Å². The van der Waals surface area contributed by atoms with E-state index in [4.69, 9.17) is 16.2 Å². The standard InChI is InChI=1S/C41H75N3O2.2ClH/c1-31(2)16-14-17-32(3)36-20-21-37-35-19-18-33-30-34(22-24-40(33,4)38(35)23-25-41(36,37)5)46-39(45)44(29-15-27-43)28-13-11-9-7-6-8-10-12-26-42;;/h18,31-32,34-38H,6-17,19-30,42-43H2,1-5H3;2*1H/t32-,34+,35+,36-,37+,38+,40+,41-;;/m1../s1. The largest absolute Gasteiger partial charge is 0.446 e. The molecule has 0 aromatic heterocycles. The van der Waals surface area contributed by atoms with Crippen molar-refractivity contribution in [3.05, 3.63) is 11.6 Å². The van der Waals surface area contributed by atoms with Crippen LogP contribution in [0.1, 0.15) is 163 Å². The van der Waals surface area contributed by atoms with Gasteiger partial charge in [-0.2, -0.15) is 0 Å². The van der Waals surface area contributed by atoms with Crippen LogP contribution >= 0.6 is 24.8 Å². The fourth-order valence-corrected chi connectivity index (χ4v) is 11.1. The number of fused-ring (bicyclic) bond motifs is 5. The molecular formula is C41H77Cl2N3O2. The number of hydrogen-bond acceptors (Lipinski definition) is 4. The molecule has 0 bridgehead atoms. The highest BCUT2D eigenvalue weighted by Gasteiger charge is 2.59. The van der Waals surface area contributed by atoms with Gasteiger partial charge in [-0.05, 0) is 124 Å². The second-order valence-electron chi connectivity index (χ2n) is 17.3. The zero-order chi connectivity index (χ0) is 33.2. The smallest absolute Gasteiger partial charge is 0.410 e. The molecule has 0 spiro atoms. The number of halogens is 2. The van der Waals surface area contributed by atoms with Crippen molar-refractivity contribution in [1.82, 2.24) is 4.90 Å². The summed E-state index contributed by atoms with van der Waals surface area (Å²) in [7, 11) is 0. The van der Waals surface area contributed by atoms with Crippen LogP contribution in [0.3, 0.4) is 0 Å². The van der Waals surface area contributed by atoms with Crippen molar-refractivity contribution in [1.29, 1.82) is 0 Å². The van der Waals surface area contributed by atoms with E-state index in [-0.39, 0.29) is 42.4 Å². The Kier molecular flexibility index (Phi) is 19.2. The van der Waals surface area contributed by atoms with Crippen molar-refractivity contribution in [3.63, 3.8) is 0 Å². The highest BCUT2D eigenvalue weighted by Crippen LogP contribution is 2.67. The van der Waals surface area contributed by atoms with Crippen LogP contribution in [-0.2, 0) is 4.74 Å². The van der Waals surface area contributed by atoms with Crippen molar-refractivity contribution in [2.45, 2.75) is 169 Å². The Balaban J connectivity index is 0.00000400. The molecule has 8 atom stereocenters. The van der Waals surface area contributed by atoms with Gasteiger partial charge in [-0.15, -0.1) is 24.8 Å². The van der Waals surface area contributed by atoms with Gasteiger partial charge in [0.25, 0.3) is 0 Å². The van der Waals surface area contributed by atoms with Crippen LogP contribution in [0.15, 0.2) is 11.6 Å². The first-order valence-electron chi connectivity index (χ1n) is 20.2. The first-order valence-corrected chi connectivity index (χ1v) is 20.2. The quantitative estimate of drug-likeness (QED) is 0.103. The number of unbranched alkanes of at least 4 members (excludes halogenated alkanes) is 7. The van der Waals surface area contributed by atoms with Crippen molar-refractivity contribution in [3.8, 4) is 0 Å². The summed E-state index contributed by atoms with van der Waals surface area (Å²) in [5, 5.41) is 0. The van der Waals surface area contributed by atoms with Gasteiger partial charge in [0.05, 0.1) is 0 Å². The lowest BCUT2D eigenvalue weighted by Gasteiger charge is -2.58. The molecule has 0 aliphatic heterocycles. The molecule has 282 valence electrons. The molecule has 1 amide bonds. The van der Waals surface area contributed by atoms with Gasteiger partial charge in [0.1, 0.15) is 6.10 Å². The molecule has 0 radical (unpaired) electrons. The van der Waals surface area contributed by atoms with Crippen LogP contribution in [0.5, 0.6) is 0 Å². The highest BCUT2D eigenvalue weighted by molar-refractivity contribution is 5.85. The summed E-state index contributed by atoms with van der Waals surface area (Å²) in [6.45, 7) is 15.5. The molecule has 3 fully saturated rings. The topological polar surface area (TPSA) is 81.6 Å². The van der Waals surface area contributed by atoms with Crippen LogP contribution < -0.4 is 11.5 Å². The molecule has 0 saturated heterocycles.